The van der Waals surface area contributed by atoms with Crippen LogP contribution in [0.3, 0.4) is 0 Å². The zero-order valence-corrected chi connectivity index (χ0v) is 11.4. The molecule has 4 nitrogen and oxygen atoms in total. The molecule has 8 heteroatoms. The highest BCUT2D eigenvalue weighted by Gasteiger charge is 2.34. The molecule has 0 fully saturated rings. The number of hydrogen-bond acceptors (Lipinski definition) is 4. The summed E-state index contributed by atoms with van der Waals surface area (Å²) < 4.78 is 40.2. The molecule has 0 saturated heterocycles. The smallest absolute Gasteiger partial charge is 0.323 e. The van der Waals surface area contributed by atoms with Crippen molar-refractivity contribution in [1.82, 2.24) is 14.8 Å². The third kappa shape index (κ3) is 3.31. The summed E-state index contributed by atoms with van der Waals surface area (Å²) in [6, 6.07) is 4.63. The topological polar surface area (TPSA) is 56.7 Å². The Bertz CT molecular complexity index is 582. The number of thioether (sulfide) groups is 1. The molecule has 2 N–H and O–H groups in total. The van der Waals surface area contributed by atoms with Crippen LogP contribution >= 0.6 is 11.8 Å². The highest BCUT2D eigenvalue weighted by Crippen LogP contribution is 2.35. The maximum atomic E-state index is 12.9. The molecular weight excluding hydrogens is 289 g/mol. The average Bonchev–Trinajstić information content (AvgIpc) is 2.80. The van der Waals surface area contributed by atoms with Gasteiger partial charge in [0, 0.05) is 18.8 Å². The average molecular weight is 302 g/mol. The highest BCUT2D eigenvalue weighted by atomic mass is 32.2. The molecule has 0 radical (unpaired) electrons. The van der Waals surface area contributed by atoms with Crippen molar-refractivity contribution in [3.8, 4) is 0 Å². The molecule has 20 heavy (non-hydrogen) atoms. The zero-order chi connectivity index (χ0) is 14.8. The molecule has 2 rings (SSSR count). The largest absolute Gasteiger partial charge is 0.416 e. The van der Waals surface area contributed by atoms with E-state index in [0.29, 0.717) is 10.9 Å². The van der Waals surface area contributed by atoms with Crippen molar-refractivity contribution >= 4 is 11.8 Å². The molecule has 1 aromatic carbocycles. The van der Waals surface area contributed by atoms with Crippen LogP contribution in [-0.4, -0.2) is 20.5 Å². The van der Waals surface area contributed by atoms with Gasteiger partial charge >= 0.3 is 6.18 Å². The van der Waals surface area contributed by atoms with Crippen LogP contribution in [0.5, 0.6) is 0 Å². The minimum absolute atomic E-state index is 0.0923. The van der Waals surface area contributed by atoms with Gasteiger partial charge in [0.05, 0.1) is 5.56 Å². The summed E-state index contributed by atoms with van der Waals surface area (Å²) in [5.41, 5.74) is 5.28. The molecule has 1 aromatic heterocycles. The number of alkyl halides is 3. The zero-order valence-electron chi connectivity index (χ0n) is 10.6. The Morgan fingerprint density at radius 2 is 2.05 bits per heavy atom. The van der Waals surface area contributed by atoms with Crippen LogP contribution in [0.1, 0.15) is 17.2 Å². The number of aromatic nitrogens is 3. The van der Waals surface area contributed by atoms with Gasteiger partial charge in [-0.2, -0.15) is 18.3 Å². The quantitative estimate of drug-likeness (QED) is 0.882. The molecular formula is C12H13F3N4S. The number of nitrogens with zero attached hydrogens (tertiary/aromatic N) is 3. The molecule has 1 atom stereocenters. The van der Waals surface area contributed by atoms with Gasteiger partial charge in [-0.25, -0.2) is 9.67 Å². The van der Waals surface area contributed by atoms with E-state index >= 15 is 0 Å². The second kappa shape index (κ2) is 5.84. The number of nitrogens with two attached hydrogens (primary N) is 1. The fourth-order valence-corrected chi connectivity index (χ4v) is 2.61. The number of hydrogen-bond donors (Lipinski definition) is 1. The predicted octanol–water partition coefficient (Wildman–Crippen LogP) is 2.63. The van der Waals surface area contributed by atoms with E-state index in [0.717, 1.165) is 6.07 Å². The molecule has 0 saturated carbocycles. The molecule has 2 aromatic rings. The first kappa shape index (κ1) is 14.9. The number of aryl methyl sites for hydroxylation is 1. The fourth-order valence-electron chi connectivity index (χ4n) is 1.75. The van der Waals surface area contributed by atoms with E-state index in [1.54, 1.807) is 17.8 Å². The monoisotopic (exact) mass is 302 g/mol. The fraction of sp³-hybridized carbons (Fsp3) is 0.333. The van der Waals surface area contributed by atoms with Gasteiger partial charge in [-0.3, -0.25) is 0 Å². The molecule has 1 unspecified atom stereocenters. The second-order valence-electron chi connectivity index (χ2n) is 4.17. The molecule has 0 amide bonds. The lowest BCUT2D eigenvalue weighted by Gasteiger charge is -2.17. The SMILES string of the molecule is Cn1ncnc1SCC(N)c1ccccc1C(F)(F)F. The van der Waals surface area contributed by atoms with E-state index in [9.17, 15) is 13.2 Å². The Morgan fingerprint density at radius 3 is 2.65 bits per heavy atom. The van der Waals surface area contributed by atoms with Gasteiger partial charge in [-0.05, 0) is 11.6 Å². The second-order valence-corrected chi connectivity index (χ2v) is 5.16. The third-order valence-electron chi connectivity index (χ3n) is 2.73. The van der Waals surface area contributed by atoms with Crippen molar-refractivity contribution in [1.29, 1.82) is 0 Å². The minimum Gasteiger partial charge on any atom is -0.323 e. The van der Waals surface area contributed by atoms with Gasteiger partial charge in [0.25, 0.3) is 0 Å². The van der Waals surface area contributed by atoms with Crippen molar-refractivity contribution in [3.05, 3.63) is 41.7 Å². The molecule has 108 valence electrons. The van der Waals surface area contributed by atoms with Crippen molar-refractivity contribution in [2.24, 2.45) is 12.8 Å². The predicted molar refractivity (Wildman–Crippen MR) is 70.1 cm³/mol. The summed E-state index contributed by atoms with van der Waals surface area (Å²) in [7, 11) is 1.71. The van der Waals surface area contributed by atoms with E-state index in [2.05, 4.69) is 10.1 Å². The van der Waals surface area contributed by atoms with Crippen LogP contribution in [0, 0.1) is 0 Å². The Hall–Kier alpha value is -1.54. The Morgan fingerprint density at radius 1 is 1.35 bits per heavy atom. The lowest BCUT2D eigenvalue weighted by Crippen LogP contribution is -2.19. The van der Waals surface area contributed by atoms with Crippen LogP contribution in [0.2, 0.25) is 0 Å². The highest BCUT2D eigenvalue weighted by molar-refractivity contribution is 7.99. The van der Waals surface area contributed by atoms with E-state index < -0.39 is 17.8 Å². The Labute approximate surface area is 118 Å². The molecule has 0 aliphatic rings. The summed E-state index contributed by atoms with van der Waals surface area (Å²) in [4.78, 5) is 3.99. The van der Waals surface area contributed by atoms with Crippen LogP contribution in [0.15, 0.2) is 35.7 Å². The summed E-state index contributed by atoms with van der Waals surface area (Å²) in [5, 5.41) is 4.50. The number of halogens is 3. The summed E-state index contributed by atoms with van der Waals surface area (Å²) in [6.45, 7) is 0. The minimum atomic E-state index is -4.40. The summed E-state index contributed by atoms with van der Waals surface area (Å²) in [6.07, 6.45) is -3.01. The first-order chi connectivity index (χ1) is 9.39. The molecule has 0 bridgehead atoms. The summed E-state index contributed by atoms with van der Waals surface area (Å²) in [5.74, 6) is 0.291. The molecule has 0 spiro atoms. The standard InChI is InChI=1S/C12H13F3N4S/c1-19-11(17-7-18-19)20-6-10(16)8-4-2-3-5-9(8)12(13,14)15/h2-5,7,10H,6,16H2,1H3. The molecule has 1 heterocycles. The van der Waals surface area contributed by atoms with Gasteiger partial charge in [0.1, 0.15) is 6.33 Å². The lowest BCUT2D eigenvalue weighted by atomic mass is 10.0. The van der Waals surface area contributed by atoms with Crippen LogP contribution in [0.25, 0.3) is 0 Å². The van der Waals surface area contributed by atoms with Crippen molar-refractivity contribution in [2.45, 2.75) is 17.4 Å². The third-order valence-corrected chi connectivity index (χ3v) is 3.88. The first-order valence-corrected chi connectivity index (χ1v) is 6.76. The van der Waals surface area contributed by atoms with Gasteiger partial charge in [0.15, 0.2) is 5.16 Å². The van der Waals surface area contributed by atoms with E-state index in [4.69, 9.17) is 5.73 Å². The summed E-state index contributed by atoms with van der Waals surface area (Å²) >= 11 is 1.27. The normalized spacial score (nSPS) is 13.4. The van der Waals surface area contributed by atoms with Gasteiger partial charge < -0.3 is 5.73 Å². The maximum Gasteiger partial charge on any atom is 0.416 e. The van der Waals surface area contributed by atoms with Gasteiger partial charge in [-0.15, -0.1) is 0 Å². The van der Waals surface area contributed by atoms with Crippen LogP contribution < -0.4 is 5.73 Å². The number of benzene rings is 1. The van der Waals surface area contributed by atoms with Crippen LogP contribution in [0.4, 0.5) is 13.2 Å². The lowest BCUT2D eigenvalue weighted by molar-refractivity contribution is -0.138. The van der Waals surface area contributed by atoms with E-state index in [-0.39, 0.29) is 5.56 Å². The maximum absolute atomic E-state index is 12.9. The molecule has 0 aliphatic carbocycles. The van der Waals surface area contributed by atoms with Gasteiger partial charge in [-0.1, -0.05) is 30.0 Å². The van der Waals surface area contributed by atoms with Crippen LogP contribution in [-0.2, 0) is 13.2 Å². The van der Waals surface area contributed by atoms with E-state index in [1.165, 1.54) is 30.2 Å². The van der Waals surface area contributed by atoms with Crippen molar-refractivity contribution in [2.75, 3.05) is 5.75 Å². The Kier molecular flexibility index (Phi) is 4.34. The first-order valence-electron chi connectivity index (χ1n) is 5.78. The van der Waals surface area contributed by atoms with Crippen molar-refractivity contribution < 1.29 is 13.2 Å². The Balaban J connectivity index is 2.14. The van der Waals surface area contributed by atoms with Gasteiger partial charge in [0.2, 0.25) is 0 Å². The van der Waals surface area contributed by atoms with E-state index in [1.807, 2.05) is 0 Å². The number of rotatable bonds is 4. The molecule has 0 aliphatic heterocycles. The van der Waals surface area contributed by atoms with Crippen molar-refractivity contribution in [3.63, 3.8) is 0 Å².